The molecule has 1 heteroatoms. The Bertz CT molecular complexity index is 789. The van der Waals surface area contributed by atoms with Crippen LogP contribution >= 0.6 is 0 Å². The van der Waals surface area contributed by atoms with Crippen molar-refractivity contribution >= 4 is 21.9 Å². The molecule has 14 heavy (non-hydrogen) atoms. The first-order valence-corrected chi connectivity index (χ1v) is 4.39. The molecule has 0 unspecified atom stereocenters. The van der Waals surface area contributed by atoms with Gasteiger partial charge >= 0.3 is 0 Å². The van der Waals surface area contributed by atoms with E-state index in [1.165, 1.54) is 6.07 Å². The van der Waals surface area contributed by atoms with Crippen LogP contribution in [0.15, 0.2) is 46.8 Å². The van der Waals surface area contributed by atoms with Crippen molar-refractivity contribution in [3.63, 3.8) is 0 Å². The highest BCUT2D eigenvalue weighted by atomic mass is 16.3. The van der Waals surface area contributed by atoms with Crippen molar-refractivity contribution < 1.29 is 9.90 Å². The quantitative estimate of drug-likeness (QED) is 0.519. The second kappa shape index (κ2) is 2.61. The van der Waals surface area contributed by atoms with Gasteiger partial charge in [0.25, 0.3) is 0 Å². The van der Waals surface area contributed by atoms with Crippen LogP contribution in [-0.2, 0) is 0 Å². The Morgan fingerprint density at radius 2 is 2.07 bits per heavy atom. The molecule has 1 nitrogen and oxygen atoms in total. The summed E-state index contributed by atoms with van der Waals surface area (Å²) in [5.74, 6) is 0. The Kier molecular flexibility index (Phi) is 0.867. The van der Waals surface area contributed by atoms with E-state index in [9.17, 15) is 0 Å². The van der Waals surface area contributed by atoms with Crippen LogP contribution in [0.5, 0.6) is 0 Å². The molecule has 0 saturated carbocycles. The Morgan fingerprint density at radius 1 is 1.14 bits per heavy atom. The molecule has 0 aliphatic rings. The minimum Gasteiger partial charge on any atom is -0.456 e. The Balaban J connectivity index is 2.65. The Labute approximate surface area is 87.6 Å². The van der Waals surface area contributed by atoms with E-state index in [1.807, 2.05) is 6.92 Å². The summed E-state index contributed by atoms with van der Waals surface area (Å²) in [6.45, 7) is 1.83. The number of para-hydroxylation sites is 2. The van der Waals surface area contributed by atoms with Crippen LogP contribution in [-0.4, -0.2) is 0 Å². The first-order valence-electron chi connectivity index (χ1n) is 6.39. The third kappa shape index (κ3) is 0.896. The van der Waals surface area contributed by atoms with E-state index >= 15 is 0 Å². The van der Waals surface area contributed by atoms with Gasteiger partial charge in [-0.3, -0.25) is 0 Å². The molecular formula is C13H10O. The molecule has 0 saturated heterocycles. The van der Waals surface area contributed by atoms with E-state index in [4.69, 9.17) is 9.90 Å². The van der Waals surface area contributed by atoms with E-state index < -0.39 is 0 Å². The Hall–Kier alpha value is -1.76. The summed E-state index contributed by atoms with van der Waals surface area (Å²) in [5.41, 5.74) is 1.72. The molecule has 0 atom stereocenters. The molecule has 1 aromatic heterocycles. The van der Waals surface area contributed by atoms with Gasteiger partial charge in [-0.1, -0.05) is 36.3 Å². The minimum absolute atomic E-state index is 0.00300. The monoisotopic (exact) mass is 186 g/mol. The van der Waals surface area contributed by atoms with Gasteiger partial charge in [-0.15, -0.1) is 0 Å². The van der Waals surface area contributed by atoms with Gasteiger partial charge in [0.15, 0.2) is 0 Å². The van der Waals surface area contributed by atoms with Gasteiger partial charge in [-0.2, -0.15) is 0 Å². The normalized spacial score (nSPS) is 15.2. The van der Waals surface area contributed by atoms with Crippen molar-refractivity contribution in [1.82, 2.24) is 0 Å². The van der Waals surface area contributed by atoms with Crippen LogP contribution in [0.25, 0.3) is 21.9 Å². The van der Waals surface area contributed by atoms with E-state index in [0.29, 0.717) is 28.0 Å². The van der Waals surface area contributed by atoms with Crippen LogP contribution in [0.2, 0.25) is 0 Å². The molecule has 0 bridgehead atoms. The van der Waals surface area contributed by atoms with Gasteiger partial charge in [0.2, 0.25) is 0 Å². The van der Waals surface area contributed by atoms with Gasteiger partial charge in [0.1, 0.15) is 11.2 Å². The lowest BCUT2D eigenvalue weighted by Gasteiger charge is -1.91. The van der Waals surface area contributed by atoms with Crippen LogP contribution in [0.1, 0.15) is 11.0 Å². The van der Waals surface area contributed by atoms with E-state index in [-0.39, 0.29) is 18.1 Å². The van der Waals surface area contributed by atoms with Crippen molar-refractivity contribution in [2.24, 2.45) is 0 Å². The van der Waals surface area contributed by atoms with Crippen molar-refractivity contribution in [3.8, 4) is 0 Å². The van der Waals surface area contributed by atoms with Gasteiger partial charge in [-0.05, 0) is 18.5 Å². The fraction of sp³-hybridized carbons (Fsp3) is 0.0769. The lowest BCUT2D eigenvalue weighted by atomic mass is 10.1. The second-order valence-corrected chi connectivity index (χ2v) is 3.25. The average Bonchev–Trinajstić information content (AvgIpc) is 2.66. The zero-order valence-electron chi connectivity index (χ0n) is 11.6. The summed E-state index contributed by atoms with van der Waals surface area (Å²) in [7, 11) is 0. The molecule has 68 valence electrons. The standard InChI is InChI=1S/C13H10O/c1-9-5-4-7-11-10-6-2-3-8-12(10)14-13(9)11/h2-8H,1H3/i2D,4D,6D,8D. The maximum atomic E-state index is 7.93. The number of benzene rings is 2. The lowest BCUT2D eigenvalue weighted by Crippen LogP contribution is -1.70. The SMILES string of the molecule is [2H]c1cc(C)c2oc3c([2H])cc([2H])c([2H])c3c2c1. The molecular weight excluding hydrogens is 172 g/mol. The molecule has 0 spiro atoms. The van der Waals surface area contributed by atoms with Gasteiger partial charge < -0.3 is 4.42 Å². The topological polar surface area (TPSA) is 13.1 Å². The van der Waals surface area contributed by atoms with Gasteiger partial charge in [0, 0.05) is 10.8 Å². The summed E-state index contributed by atoms with van der Waals surface area (Å²) in [4.78, 5) is 0. The predicted molar refractivity (Wildman–Crippen MR) is 58.5 cm³/mol. The number of rotatable bonds is 0. The maximum Gasteiger partial charge on any atom is 0.138 e. The molecule has 1 heterocycles. The third-order valence-corrected chi connectivity index (χ3v) is 2.30. The maximum absolute atomic E-state index is 7.93. The molecule has 0 aliphatic carbocycles. The zero-order valence-corrected chi connectivity index (χ0v) is 7.64. The number of aryl methyl sites for hydroxylation is 1. The fourth-order valence-corrected chi connectivity index (χ4v) is 1.63. The average molecular weight is 186 g/mol. The van der Waals surface area contributed by atoms with E-state index in [2.05, 4.69) is 0 Å². The largest absolute Gasteiger partial charge is 0.456 e. The number of hydrogen-bond acceptors (Lipinski definition) is 1. The second-order valence-electron chi connectivity index (χ2n) is 3.25. The van der Waals surface area contributed by atoms with Gasteiger partial charge in [-0.25, -0.2) is 0 Å². The summed E-state index contributed by atoms with van der Waals surface area (Å²) >= 11 is 0. The van der Waals surface area contributed by atoms with Crippen LogP contribution in [0, 0.1) is 6.92 Å². The number of furan rings is 1. The van der Waals surface area contributed by atoms with Crippen LogP contribution < -0.4 is 0 Å². The predicted octanol–water partition coefficient (Wildman–Crippen LogP) is 3.89. The molecule has 0 aliphatic heterocycles. The molecule has 0 N–H and O–H groups in total. The summed E-state index contributed by atoms with van der Waals surface area (Å²) < 4.78 is 36.8. The van der Waals surface area contributed by atoms with Crippen LogP contribution in [0.4, 0.5) is 0 Å². The smallest absolute Gasteiger partial charge is 0.138 e. The number of fused-ring (bicyclic) bond motifs is 3. The zero-order chi connectivity index (χ0) is 13.0. The van der Waals surface area contributed by atoms with Crippen molar-refractivity contribution in [1.29, 1.82) is 0 Å². The molecule has 0 fully saturated rings. The van der Waals surface area contributed by atoms with Crippen molar-refractivity contribution in [2.45, 2.75) is 6.92 Å². The van der Waals surface area contributed by atoms with E-state index in [1.54, 1.807) is 12.1 Å². The van der Waals surface area contributed by atoms with E-state index in [0.717, 1.165) is 5.56 Å². The van der Waals surface area contributed by atoms with Gasteiger partial charge in [0.05, 0.1) is 5.48 Å². The van der Waals surface area contributed by atoms with Crippen molar-refractivity contribution in [2.75, 3.05) is 0 Å². The first-order chi connectivity index (χ1) is 8.49. The summed E-state index contributed by atoms with van der Waals surface area (Å²) in [5, 5.41) is 1.10. The molecule has 2 aromatic carbocycles. The Morgan fingerprint density at radius 3 is 3.00 bits per heavy atom. The highest BCUT2D eigenvalue weighted by Gasteiger charge is 2.06. The van der Waals surface area contributed by atoms with Crippen LogP contribution in [0.3, 0.4) is 0 Å². The summed E-state index contributed by atoms with van der Waals surface area (Å²) in [6.07, 6.45) is 0. The molecule has 3 rings (SSSR count). The minimum atomic E-state index is 0.00300. The van der Waals surface area contributed by atoms with Crippen molar-refractivity contribution in [3.05, 3.63) is 47.9 Å². The fourth-order valence-electron chi connectivity index (χ4n) is 1.63. The number of hydrogen-bond donors (Lipinski definition) is 0. The lowest BCUT2D eigenvalue weighted by molar-refractivity contribution is 0.666. The molecule has 3 aromatic rings. The first kappa shape index (κ1) is 4.65. The molecule has 0 radical (unpaired) electrons. The highest BCUT2D eigenvalue weighted by Crippen LogP contribution is 2.29. The highest BCUT2D eigenvalue weighted by molar-refractivity contribution is 6.05. The summed E-state index contributed by atoms with van der Waals surface area (Å²) in [6, 6.07) is 5.10. The molecule has 0 amide bonds. The third-order valence-electron chi connectivity index (χ3n) is 2.30.